The number of fused-ring (bicyclic) bond motifs is 4. The lowest BCUT2D eigenvalue weighted by molar-refractivity contribution is -0.121. The molecule has 1 N–H and O–H groups in total. The maximum atomic E-state index is 12.6. The standard InChI is InChI=1S/C27H27N3O2/c1-32-26-15-14-19-8-2-3-9-20(19)23(26)18-28-29-27(31)16-17-30-24-12-6-4-10-21(24)22-11-5-7-13-25(22)30/h2-4,6,8-10,12,14-15,18H,5,7,11,13,16-17H2,1H3,(H,29,31)/b28-18+. The van der Waals surface area contributed by atoms with Crippen LogP contribution in [-0.2, 0) is 24.2 Å². The summed E-state index contributed by atoms with van der Waals surface area (Å²) in [6.07, 6.45) is 6.73. The zero-order valence-electron chi connectivity index (χ0n) is 18.3. The lowest BCUT2D eigenvalue weighted by Crippen LogP contribution is -2.20. The first-order chi connectivity index (χ1) is 15.8. The average molecular weight is 426 g/mol. The van der Waals surface area contributed by atoms with Crippen LogP contribution in [0.15, 0.2) is 65.8 Å². The Bertz CT molecular complexity index is 1320. The quantitative estimate of drug-likeness (QED) is 0.340. The van der Waals surface area contributed by atoms with Gasteiger partial charge < -0.3 is 9.30 Å². The summed E-state index contributed by atoms with van der Waals surface area (Å²) in [5, 5.41) is 7.71. The number of aryl methyl sites for hydroxylation is 2. The number of carbonyl (C=O) groups excluding carboxylic acids is 1. The van der Waals surface area contributed by atoms with E-state index in [1.807, 2.05) is 36.4 Å². The minimum Gasteiger partial charge on any atom is -0.496 e. The van der Waals surface area contributed by atoms with Crippen molar-refractivity contribution >= 4 is 33.8 Å². The van der Waals surface area contributed by atoms with Crippen molar-refractivity contribution < 1.29 is 9.53 Å². The minimum atomic E-state index is -0.0946. The predicted octanol–water partition coefficient (Wildman–Crippen LogP) is 5.22. The van der Waals surface area contributed by atoms with Gasteiger partial charge in [-0.3, -0.25) is 4.79 Å². The monoisotopic (exact) mass is 425 g/mol. The third kappa shape index (κ3) is 3.75. The van der Waals surface area contributed by atoms with Crippen LogP contribution >= 0.6 is 0 Å². The van der Waals surface area contributed by atoms with Gasteiger partial charge in [0.15, 0.2) is 0 Å². The molecule has 4 aromatic rings. The Hall–Kier alpha value is -3.60. The van der Waals surface area contributed by atoms with Crippen molar-refractivity contribution in [3.63, 3.8) is 0 Å². The van der Waals surface area contributed by atoms with E-state index in [0.717, 1.165) is 34.9 Å². The first-order valence-corrected chi connectivity index (χ1v) is 11.2. The first-order valence-electron chi connectivity index (χ1n) is 11.2. The van der Waals surface area contributed by atoms with Gasteiger partial charge in [-0.15, -0.1) is 0 Å². The highest BCUT2D eigenvalue weighted by molar-refractivity contribution is 6.02. The fourth-order valence-corrected chi connectivity index (χ4v) is 4.87. The van der Waals surface area contributed by atoms with Gasteiger partial charge in [-0.2, -0.15) is 5.10 Å². The lowest BCUT2D eigenvalue weighted by atomic mass is 9.95. The Morgan fingerprint density at radius 2 is 1.81 bits per heavy atom. The van der Waals surface area contributed by atoms with Gasteiger partial charge in [0.2, 0.25) is 5.91 Å². The molecular formula is C27H27N3O2. The summed E-state index contributed by atoms with van der Waals surface area (Å²) >= 11 is 0. The number of carbonyl (C=O) groups is 1. The molecule has 0 unspecified atom stereocenters. The van der Waals surface area contributed by atoms with Crippen molar-refractivity contribution in [1.29, 1.82) is 0 Å². The van der Waals surface area contributed by atoms with Gasteiger partial charge in [-0.05, 0) is 54.2 Å². The molecule has 1 aromatic heterocycles. The molecule has 0 radical (unpaired) electrons. The highest BCUT2D eigenvalue weighted by Gasteiger charge is 2.19. The number of hydrogen-bond acceptors (Lipinski definition) is 3. The number of amides is 1. The van der Waals surface area contributed by atoms with Gasteiger partial charge in [0.05, 0.1) is 13.3 Å². The van der Waals surface area contributed by atoms with Gasteiger partial charge in [0.25, 0.3) is 0 Å². The minimum absolute atomic E-state index is 0.0946. The van der Waals surface area contributed by atoms with Crippen LogP contribution in [0.3, 0.4) is 0 Å². The summed E-state index contributed by atoms with van der Waals surface area (Å²) in [4.78, 5) is 12.6. The maximum Gasteiger partial charge on any atom is 0.241 e. The van der Waals surface area contributed by atoms with Crippen LogP contribution in [0.25, 0.3) is 21.7 Å². The molecule has 32 heavy (non-hydrogen) atoms. The third-order valence-corrected chi connectivity index (χ3v) is 6.38. The summed E-state index contributed by atoms with van der Waals surface area (Å²) in [7, 11) is 1.64. The number of nitrogens with zero attached hydrogens (tertiary/aromatic N) is 2. The molecule has 0 atom stereocenters. The normalized spacial score (nSPS) is 13.5. The van der Waals surface area contributed by atoms with Gasteiger partial charge in [0.1, 0.15) is 5.75 Å². The number of methoxy groups -OCH3 is 1. The highest BCUT2D eigenvalue weighted by atomic mass is 16.5. The van der Waals surface area contributed by atoms with Crippen molar-refractivity contribution in [2.75, 3.05) is 7.11 Å². The van der Waals surface area contributed by atoms with Gasteiger partial charge in [0, 0.05) is 35.1 Å². The Balaban J connectivity index is 1.31. The van der Waals surface area contributed by atoms with Crippen LogP contribution in [0.1, 0.15) is 36.1 Å². The zero-order chi connectivity index (χ0) is 21.9. The Kier molecular flexibility index (Phi) is 5.63. The third-order valence-electron chi connectivity index (χ3n) is 6.38. The average Bonchev–Trinajstić information content (AvgIpc) is 3.16. The van der Waals surface area contributed by atoms with Gasteiger partial charge in [-0.1, -0.05) is 48.5 Å². The van der Waals surface area contributed by atoms with Gasteiger partial charge >= 0.3 is 0 Å². The van der Waals surface area contributed by atoms with Crippen LogP contribution in [-0.4, -0.2) is 23.8 Å². The second-order valence-corrected chi connectivity index (χ2v) is 8.25. The molecule has 1 aliphatic carbocycles. The predicted molar refractivity (Wildman–Crippen MR) is 129 cm³/mol. The largest absolute Gasteiger partial charge is 0.496 e. The van der Waals surface area contributed by atoms with Crippen LogP contribution < -0.4 is 10.2 Å². The number of benzene rings is 3. The van der Waals surface area contributed by atoms with E-state index in [1.54, 1.807) is 13.3 Å². The van der Waals surface area contributed by atoms with Crippen molar-refractivity contribution in [3.05, 3.63) is 77.5 Å². The van der Waals surface area contributed by atoms with Crippen LogP contribution in [0.4, 0.5) is 0 Å². The molecule has 0 saturated heterocycles. The fraction of sp³-hybridized carbons (Fsp3) is 0.259. The Labute approximate surface area is 187 Å². The topological polar surface area (TPSA) is 55.6 Å². The van der Waals surface area contributed by atoms with E-state index in [4.69, 9.17) is 4.74 Å². The molecule has 1 heterocycles. The zero-order valence-corrected chi connectivity index (χ0v) is 18.3. The number of aromatic nitrogens is 1. The highest BCUT2D eigenvalue weighted by Crippen LogP contribution is 2.32. The number of ether oxygens (including phenoxy) is 1. The number of rotatable bonds is 6. The smallest absolute Gasteiger partial charge is 0.241 e. The van der Waals surface area contributed by atoms with Crippen molar-refractivity contribution in [1.82, 2.24) is 9.99 Å². The second kappa shape index (κ2) is 8.87. The summed E-state index contributed by atoms with van der Waals surface area (Å²) in [6, 6.07) is 20.6. The van der Waals surface area contributed by atoms with Crippen molar-refractivity contribution in [2.45, 2.75) is 38.6 Å². The molecule has 5 heteroatoms. The molecule has 1 amide bonds. The SMILES string of the molecule is COc1ccc2ccccc2c1/C=N/NC(=O)CCn1c2c(c3ccccc31)CCCC2. The molecule has 0 spiro atoms. The molecule has 0 aliphatic heterocycles. The fourth-order valence-electron chi connectivity index (χ4n) is 4.87. The van der Waals surface area contributed by atoms with E-state index in [1.165, 1.54) is 35.0 Å². The van der Waals surface area contributed by atoms with Crippen molar-refractivity contribution in [2.24, 2.45) is 5.10 Å². The van der Waals surface area contributed by atoms with E-state index < -0.39 is 0 Å². The summed E-state index contributed by atoms with van der Waals surface area (Å²) in [5.74, 6) is 0.634. The van der Waals surface area contributed by atoms with E-state index in [2.05, 4.69) is 39.4 Å². The number of nitrogens with one attached hydrogen (secondary N) is 1. The number of para-hydroxylation sites is 1. The van der Waals surface area contributed by atoms with Crippen LogP contribution in [0.5, 0.6) is 5.75 Å². The van der Waals surface area contributed by atoms with Crippen LogP contribution in [0.2, 0.25) is 0 Å². The van der Waals surface area contributed by atoms with Gasteiger partial charge in [-0.25, -0.2) is 5.43 Å². The molecule has 3 aromatic carbocycles. The van der Waals surface area contributed by atoms with E-state index in [0.29, 0.717) is 13.0 Å². The molecule has 0 saturated carbocycles. The number of hydrogen-bond donors (Lipinski definition) is 1. The van der Waals surface area contributed by atoms with E-state index in [9.17, 15) is 4.79 Å². The molecule has 1 aliphatic rings. The first kappa shape index (κ1) is 20.3. The van der Waals surface area contributed by atoms with Crippen LogP contribution in [0, 0.1) is 0 Å². The second-order valence-electron chi connectivity index (χ2n) is 8.25. The molecule has 0 bridgehead atoms. The molecular weight excluding hydrogens is 398 g/mol. The summed E-state index contributed by atoms with van der Waals surface area (Å²) < 4.78 is 7.83. The molecule has 162 valence electrons. The Morgan fingerprint density at radius 3 is 2.69 bits per heavy atom. The molecule has 5 rings (SSSR count). The van der Waals surface area contributed by atoms with E-state index in [-0.39, 0.29) is 5.91 Å². The maximum absolute atomic E-state index is 12.6. The van der Waals surface area contributed by atoms with Crippen molar-refractivity contribution in [3.8, 4) is 5.75 Å². The van der Waals surface area contributed by atoms with E-state index >= 15 is 0 Å². The summed E-state index contributed by atoms with van der Waals surface area (Å²) in [6.45, 7) is 0.661. The summed E-state index contributed by atoms with van der Waals surface area (Å²) in [5.41, 5.74) is 7.65. The lowest BCUT2D eigenvalue weighted by Gasteiger charge is -2.15. The molecule has 0 fully saturated rings. The molecule has 5 nitrogen and oxygen atoms in total. The number of hydrazone groups is 1. The Morgan fingerprint density at radius 1 is 1.03 bits per heavy atom.